The van der Waals surface area contributed by atoms with E-state index < -0.39 is 16.1 Å². The summed E-state index contributed by atoms with van der Waals surface area (Å²) in [5.41, 5.74) is 5.36. The fraction of sp³-hybridized carbons (Fsp3) is 0.636. The number of aromatic nitrogens is 2. The van der Waals surface area contributed by atoms with Crippen LogP contribution in [0.2, 0.25) is 0 Å². The van der Waals surface area contributed by atoms with Crippen LogP contribution in [0.25, 0.3) is 0 Å². The van der Waals surface area contributed by atoms with Crippen molar-refractivity contribution in [2.75, 3.05) is 32.9 Å². The predicted molar refractivity (Wildman–Crippen MR) is 73.3 cm³/mol. The molecule has 0 spiro atoms. The van der Waals surface area contributed by atoms with Gasteiger partial charge in [-0.2, -0.15) is 4.31 Å². The molecule has 0 aromatic carbocycles. The first kappa shape index (κ1) is 15.1. The quantitative estimate of drug-likeness (QED) is 0.714. The van der Waals surface area contributed by atoms with Crippen molar-refractivity contribution in [2.45, 2.75) is 23.5 Å². The minimum absolute atomic E-state index is 0.00967. The fourth-order valence-corrected chi connectivity index (χ4v) is 3.90. The fourth-order valence-electron chi connectivity index (χ4n) is 2.34. The number of aliphatic hydroxyl groups is 1. The van der Waals surface area contributed by atoms with Crippen molar-refractivity contribution in [1.82, 2.24) is 19.2 Å². The Morgan fingerprint density at radius 3 is 2.60 bits per heavy atom. The first-order valence-corrected chi connectivity index (χ1v) is 7.67. The highest BCUT2D eigenvalue weighted by Crippen LogP contribution is 2.26. The molecule has 1 aliphatic rings. The van der Waals surface area contributed by atoms with Crippen LogP contribution in [0.3, 0.4) is 0 Å². The van der Waals surface area contributed by atoms with E-state index in [2.05, 4.69) is 9.97 Å². The third-order valence-electron chi connectivity index (χ3n) is 3.17. The van der Waals surface area contributed by atoms with Crippen molar-refractivity contribution in [1.29, 1.82) is 0 Å². The van der Waals surface area contributed by atoms with Gasteiger partial charge in [0.05, 0.1) is 18.5 Å². The number of β-amino-alcohol motifs (C(OH)–C–C–N with tert-alkyl or cyclic N) is 1. The summed E-state index contributed by atoms with van der Waals surface area (Å²) in [6.45, 7) is 0.636. The number of likely N-dealkylation sites (N-methyl/N-ethyl adjacent to an activating group) is 1. The van der Waals surface area contributed by atoms with Crippen LogP contribution in [-0.4, -0.2) is 72.0 Å². The highest BCUT2D eigenvalue weighted by molar-refractivity contribution is 7.89. The van der Waals surface area contributed by atoms with Gasteiger partial charge in [0.2, 0.25) is 16.0 Å². The lowest BCUT2D eigenvalue weighted by molar-refractivity contribution is 0.188. The van der Waals surface area contributed by atoms with Gasteiger partial charge < -0.3 is 15.7 Å². The van der Waals surface area contributed by atoms with Crippen LogP contribution in [0.5, 0.6) is 0 Å². The van der Waals surface area contributed by atoms with Crippen LogP contribution in [0.15, 0.2) is 17.3 Å². The van der Waals surface area contributed by atoms with Crippen molar-refractivity contribution in [2.24, 2.45) is 0 Å². The molecule has 2 unspecified atom stereocenters. The molecule has 0 radical (unpaired) electrons. The first-order chi connectivity index (χ1) is 9.30. The van der Waals surface area contributed by atoms with Gasteiger partial charge in [-0.3, -0.25) is 0 Å². The van der Waals surface area contributed by atoms with Crippen LogP contribution in [-0.2, 0) is 10.0 Å². The van der Waals surface area contributed by atoms with Crippen LogP contribution in [0.4, 0.5) is 5.95 Å². The Hall–Kier alpha value is -1.29. The number of hydrogen-bond donors (Lipinski definition) is 2. The third kappa shape index (κ3) is 3.06. The second kappa shape index (κ2) is 5.60. The summed E-state index contributed by atoms with van der Waals surface area (Å²) in [7, 11) is 0.00879. The summed E-state index contributed by atoms with van der Waals surface area (Å²) >= 11 is 0. The lowest BCUT2D eigenvalue weighted by Gasteiger charge is -2.25. The minimum atomic E-state index is -3.72. The van der Waals surface area contributed by atoms with Gasteiger partial charge in [0, 0.05) is 19.1 Å². The van der Waals surface area contributed by atoms with E-state index in [0.29, 0.717) is 13.0 Å². The number of hydrogen-bond acceptors (Lipinski definition) is 7. The monoisotopic (exact) mass is 301 g/mol. The van der Waals surface area contributed by atoms with Crippen LogP contribution in [0, 0.1) is 0 Å². The summed E-state index contributed by atoms with van der Waals surface area (Å²) < 4.78 is 26.4. The summed E-state index contributed by atoms with van der Waals surface area (Å²) in [6.07, 6.45) is 2.15. The van der Waals surface area contributed by atoms with Gasteiger partial charge in [-0.05, 0) is 20.5 Å². The van der Waals surface area contributed by atoms with Gasteiger partial charge in [-0.25, -0.2) is 18.4 Å². The van der Waals surface area contributed by atoms with Crippen LogP contribution >= 0.6 is 0 Å². The molecular weight excluding hydrogens is 282 g/mol. The lowest BCUT2D eigenvalue weighted by Crippen LogP contribution is -2.41. The van der Waals surface area contributed by atoms with E-state index in [1.807, 2.05) is 19.0 Å². The molecule has 8 nitrogen and oxygen atoms in total. The highest BCUT2D eigenvalue weighted by atomic mass is 32.2. The largest absolute Gasteiger partial charge is 0.392 e. The lowest BCUT2D eigenvalue weighted by atomic mass is 10.2. The average molecular weight is 301 g/mol. The number of aliphatic hydroxyl groups excluding tert-OH is 1. The molecule has 2 heterocycles. The van der Waals surface area contributed by atoms with Gasteiger partial charge in [0.25, 0.3) is 0 Å². The second-order valence-electron chi connectivity index (χ2n) is 5.16. The second-order valence-corrected chi connectivity index (χ2v) is 7.05. The Balaban J connectivity index is 2.29. The number of nitrogen functional groups attached to an aromatic ring is 1. The average Bonchev–Trinajstić information content (AvgIpc) is 2.70. The van der Waals surface area contributed by atoms with Gasteiger partial charge in [-0.15, -0.1) is 0 Å². The number of sulfonamides is 1. The molecule has 9 heteroatoms. The molecule has 2 rings (SSSR count). The zero-order valence-corrected chi connectivity index (χ0v) is 12.3. The SMILES string of the molecule is CN(C)CC1CC(O)CN1S(=O)(=O)c1cnc(N)nc1. The summed E-state index contributed by atoms with van der Waals surface area (Å²) in [5.74, 6) is 0.0234. The standard InChI is InChI=1S/C11H19N5O3S/c1-15(2)6-8-3-9(17)7-16(8)20(18,19)10-4-13-11(12)14-5-10/h4-5,8-9,17H,3,6-7H2,1-2H3,(H2,12,13,14). The Bertz CT molecular complexity index is 560. The number of anilines is 1. The molecule has 112 valence electrons. The number of nitrogens with two attached hydrogens (primary N) is 1. The van der Waals surface area contributed by atoms with Crippen molar-refractivity contribution in [3.63, 3.8) is 0 Å². The molecule has 1 aliphatic heterocycles. The van der Waals surface area contributed by atoms with E-state index in [-0.39, 0.29) is 23.4 Å². The van der Waals surface area contributed by atoms with E-state index in [9.17, 15) is 13.5 Å². The summed E-state index contributed by atoms with van der Waals surface area (Å²) in [6, 6.07) is -0.262. The number of rotatable bonds is 4. The minimum Gasteiger partial charge on any atom is -0.392 e. The molecule has 0 aliphatic carbocycles. The molecule has 1 aromatic rings. The topological polar surface area (TPSA) is 113 Å². The summed E-state index contributed by atoms with van der Waals surface area (Å²) in [5, 5.41) is 9.76. The molecule has 0 bridgehead atoms. The number of nitrogens with zero attached hydrogens (tertiary/aromatic N) is 4. The molecule has 2 atom stereocenters. The van der Waals surface area contributed by atoms with Gasteiger partial charge in [0.1, 0.15) is 4.90 Å². The van der Waals surface area contributed by atoms with Crippen molar-refractivity contribution in [3.05, 3.63) is 12.4 Å². The molecule has 1 saturated heterocycles. The normalized spacial score (nSPS) is 24.4. The molecule has 1 aromatic heterocycles. The Labute approximate surface area is 118 Å². The maximum atomic E-state index is 12.6. The molecule has 20 heavy (non-hydrogen) atoms. The van der Waals surface area contributed by atoms with E-state index in [4.69, 9.17) is 5.73 Å². The van der Waals surface area contributed by atoms with E-state index >= 15 is 0 Å². The van der Waals surface area contributed by atoms with Crippen LogP contribution < -0.4 is 5.73 Å². The van der Waals surface area contributed by atoms with E-state index in [1.165, 1.54) is 16.7 Å². The van der Waals surface area contributed by atoms with E-state index in [1.54, 1.807) is 0 Å². The summed E-state index contributed by atoms with van der Waals surface area (Å²) in [4.78, 5) is 9.30. The van der Waals surface area contributed by atoms with Gasteiger partial charge in [-0.1, -0.05) is 0 Å². The van der Waals surface area contributed by atoms with Gasteiger partial charge >= 0.3 is 0 Å². The smallest absolute Gasteiger partial charge is 0.246 e. The molecule has 1 fully saturated rings. The maximum Gasteiger partial charge on any atom is 0.246 e. The molecule has 0 saturated carbocycles. The molecule has 0 amide bonds. The molecular formula is C11H19N5O3S. The van der Waals surface area contributed by atoms with Crippen molar-refractivity contribution in [3.8, 4) is 0 Å². The zero-order valence-electron chi connectivity index (χ0n) is 11.5. The highest BCUT2D eigenvalue weighted by Gasteiger charge is 2.39. The van der Waals surface area contributed by atoms with E-state index in [0.717, 1.165) is 0 Å². The maximum absolute atomic E-state index is 12.6. The first-order valence-electron chi connectivity index (χ1n) is 6.23. The van der Waals surface area contributed by atoms with Crippen LogP contribution in [0.1, 0.15) is 6.42 Å². The third-order valence-corrected chi connectivity index (χ3v) is 5.04. The Morgan fingerprint density at radius 2 is 2.05 bits per heavy atom. The van der Waals surface area contributed by atoms with Crippen molar-refractivity contribution < 1.29 is 13.5 Å². The molecule has 3 N–H and O–H groups in total. The zero-order chi connectivity index (χ0) is 14.9. The van der Waals surface area contributed by atoms with Gasteiger partial charge in [0.15, 0.2) is 0 Å². The predicted octanol–water partition coefficient (Wildman–Crippen LogP) is -1.26. The van der Waals surface area contributed by atoms with Crippen molar-refractivity contribution >= 4 is 16.0 Å². The Kier molecular flexibility index (Phi) is 4.23. The Morgan fingerprint density at radius 1 is 1.45 bits per heavy atom.